The van der Waals surface area contributed by atoms with Gasteiger partial charge in [-0.15, -0.1) is 0 Å². The predicted molar refractivity (Wildman–Crippen MR) is 63.9 cm³/mol. The summed E-state index contributed by atoms with van der Waals surface area (Å²) in [4.78, 5) is 5.25. The summed E-state index contributed by atoms with van der Waals surface area (Å²) in [5.41, 5.74) is 5.57. The molecule has 2 unspecified atom stereocenters. The molecule has 3 heteroatoms. The maximum Gasteiger partial charge on any atom is 0.0260 e. The Morgan fingerprint density at radius 3 is 2.93 bits per heavy atom. The average Bonchev–Trinajstić information content (AvgIpc) is 2.69. The molecule has 2 aliphatic rings. The average molecular weight is 211 g/mol. The second-order valence-corrected chi connectivity index (χ2v) is 5.08. The zero-order chi connectivity index (χ0) is 10.7. The predicted octanol–water partition coefficient (Wildman–Crippen LogP) is 0.894. The summed E-state index contributed by atoms with van der Waals surface area (Å²) in [5, 5.41) is 0. The third kappa shape index (κ3) is 2.52. The molecule has 0 saturated carbocycles. The molecule has 3 nitrogen and oxygen atoms in total. The quantitative estimate of drug-likeness (QED) is 0.750. The second-order valence-electron chi connectivity index (χ2n) is 5.08. The van der Waals surface area contributed by atoms with Gasteiger partial charge >= 0.3 is 0 Å². The number of nitrogens with zero attached hydrogens (tertiary/aromatic N) is 2. The van der Waals surface area contributed by atoms with Crippen LogP contribution in [0, 0.1) is 0 Å². The second kappa shape index (κ2) is 5.28. The van der Waals surface area contributed by atoms with Gasteiger partial charge in [-0.25, -0.2) is 0 Å². The van der Waals surface area contributed by atoms with Crippen molar-refractivity contribution in [2.24, 2.45) is 5.73 Å². The van der Waals surface area contributed by atoms with Crippen LogP contribution in [0.15, 0.2) is 0 Å². The molecule has 0 aliphatic carbocycles. The van der Waals surface area contributed by atoms with E-state index < -0.39 is 0 Å². The molecule has 2 aliphatic heterocycles. The first-order chi connectivity index (χ1) is 7.33. The Balaban J connectivity index is 1.86. The van der Waals surface area contributed by atoms with Crippen LogP contribution in [0.5, 0.6) is 0 Å². The first kappa shape index (κ1) is 11.4. The van der Waals surface area contributed by atoms with Gasteiger partial charge in [0.05, 0.1) is 0 Å². The highest BCUT2D eigenvalue weighted by molar-refractivity contribution is 4.94. The fourth-order valence-electron chi connectivity index (χ4n) is 3.24. The highest BCUT2D eigenvalue weighted by Gasteiger charge is 2.37. The van der Waals surface area contributed by atoms with Crippen molar-refractivity contribution in [3.63, 3.8) is 0 Å². The molecule has 88 valence electrons. The molecule has 2 fully saturated rings. The van der Waals surface area contributed by atoms with Gasteiger partial charge in [-0.1, -0.05) is 6.42 Å². The topological polar surface area (TPSA) is 32.5 Å². The highest BCUT2D eigenvalue weighted by Crippen LogP contribution is 2.29. The van der Waals surface area contributed by atoms with Crippen molar-refractivity contribution >= 4 is 0 Å². The third-order valence-electron chi connectivity index (χ3n) is 4.10. The lowest BCUT2D eigenvalue weighted by Gasteiger charge is -2.36. The monoisotopic (exact) mass is 211 g/mol. The van der Waals surface area contributed by atoms with E-state index in [2.05, 4.69) is 16.8 Å². The minimum Gasteiger partial charge on any atom is -0.330 e. The number of fused-ring (bicyclic) bond motifs is 1. The molecule has 2 atom stereocenters. The standard InChI is InChI=1S/C12H25N3/c1-14(8-4-7-13)11-6-10-15-9-3-2-5-12(11)15/h11-12H,2-10,13H2,1H3. The highest BCUT2D eigenvalue weighted by atomic mass is 15.3. The summed E-state index contributed by atoms with van der Waals surface area (Å²) in [7, 11) is 2.28. The van der Waals surface area contributed by atoms with Crippen molar-refractivity contribution in [2.45, 2.75) is 44.2 Å². The molecule has 0 aromatic rings. The fraction of sp³-hybridized carbons (Fsp3) is 1.00. The molecule has 0 bridgehead atoms. The number of piperidine rings is 1. The van der Waals surface area contributed by atoms with Crippen molar-refractivity contribution < 1.29 is 0 Å². The van der Waals surface area contributed by atoms with Crippen molar-refractivity contribution in [3.8, 4) is 0 Å². The number of nitrogens with two attached hydrogens (primary N) is 1. The molecule has 15 heavy (non-hydrogen) atoms. The lowest BCUT2D eigenvalue weighted by Crippen LogP contribution is -2.46. The molecule has 0 amide bonds. The van der Waals surface area contributed by atoms with Gasteiger partial charge in [-0.2, -0.15) is 0 Å². The molecule has 0 radical (unpaired) electrons. The maximum absolute atomic E-state index is 5.57. The molecule has 0 aromatic carbocycles. The number of likely N-dealkylation sites (N-methyl/N-ethyl adjacent to an activating group) is 1. The van der Waals surface area contributed by atoms with Gasteiger partial charge in [0.2, 0.25) is 0 Å². The van der Waals surface area contributed by atoms with Gasteiger partial charge in [0.1, 0.15) is 0 Å². The largest absolute Gasteiger partial charge is 0.330 e. The molecule has 2 saturated heterocycles. The lowest BCUT2D eigenvalue weighted by molar-refractivity contribution is 0.131. The van der Waals surface area contributed by atoms with Gasteiger partial charge in [0.15, 0.2) is 0 Å². The van der Waals surface area contributed by atoms with Crippen LogP contribution in [0.3, 0.4) is 0 Å². The fourth-order valence-corrected chi connectivity index (χ4v) is 3.24. The van der Waals surface area contributed by atoms with Crippen LogP contribution < -0.4 is 5.73 Å². The summed E-state index contributed by atoms with van der Waals surface area (Å²) < 4.78 is 0. The number of hydrogen-bond donors (Lipinski definition) is 1. The Morgan fingerprint density at radius 1 is 1.27 bits per heavy atom. The molecule has 0 spiro atoms. The van der Waals surface area contributed by atoms with E-state index in [-0.39, 0.29) is 0 Å². The van der Waals surface area contributed by atoms with E-state index in [4.69, 9.17) is 5.73 Å². The van der Waals surface area contributed by atoms with Crippen LogP contribution in [-0.2, 0) is 0 Å². The van der Waals surface area contributed by atoms with Crippen molar-refractivity contribution in [3.05, 3.63) is 0 Å². The number of hydrogen-bond acceptors (Lipinski definition) is 3. The summed E-state index contributed by atoms with van der Waals surface area (Å²) in [6, 6.07) is 1.65. The van der Waals surface area contributed by atoms with Gasteiger partial charge in [-0.3, -0.25) is 4.90 Å². The Morgan fingerprint density at radius 2 is 2.13 bits per heavy atom. The van der Waals surface area contributed by atoms with Crippen LogP contribution >= 0.6 is 0 Å². The Bertz CT molecular complexity index is 195. The van der Waals surface area contributed by atoms with Crippen LogP contribution in [-0.4, -0.2) is 55.1 Å². The van der Waals surface area contributed by atoms with Gasteiger partial charge in [0.25, 0.3) is 0 Å². The molecular weight excluding hydrogens is 186 g/mol. The summed E-state index contributed by atoms with van der Waals surface area (Å²) >= 11 is 0. The van der Waals surface area contributed by atoms with Gasteiger partial charge in [0, 0.05) is 18.6 Å². The van der Waals surface area contributed by atoms with Crippen LogP contribution in [0.2, 0.25) is 0 Å². The zero-order valence-electron chi connectivity index (χ0n) is 9.99. The minimum absolute atomic E-state index is 0.803. The van der Waals surface area contributed by atoms with Crippen molar-refractivity contribution in [1.82, 2.24) is 9.80 Å². The van der Waals surface area contributed by atoms with Gasteiger partial charge in [-0.05, 0) is 52.4 Å². The lowest BCUT2D eigenvalue weighted by atomic mass is 9.98. The van der Waals surface area contributed by atoms with E-state index in [9.17, 15) is 0 Å². The Hall–Kier alpha value is -0.120. The minimum atomic E-state index is 0.803. The molecule has 2 heterocycles. The van der Waals surface area contributed by atoms with Gasteiger partial charge < -0.3 is 10.6 Å². The SMILES string of the molecule is CN(CCCN)C1CCN2CCCCC12. The first-order valence-electron chi connectivity index (χ1n) is 6.47. The molecule has 2 rings (SSSR count). The zero-order valence-corrected chi connectivity index (χ0v) is 9.99. The summed E-state index contributed by atoms with van der Waals surface area (Å²) in [6.45, 7) is 4.66. The van der Waals surface area contributed by atoms with E-state index >= 15 is 0 Å². The van der Waals surface area contributed by atoms with Crippen LogP contribution in [0.4, 0.5) is 0 Å². The van der Waals surface area contributed by atoms with Crippen molar-refractivity contribution in [1.29, 1.82) is 0 Å². The van der Waals surface area contributed by atoms with Crippen LogP contribution in [0.25, 0.3) is 0 Å². The van der Waals surface area contributed by atoms with E-state index in [1.807, 2.05) is 0 Å². The van der Waals surface area contributed by atoms with E-state index in [0.717, 1.165) is 25.0 Å². The first-order valence-corrected chi connectivity index (χ1v) is 6.47. The van der Waals surface area contributed by atoms with E-state index in [1.165, 1.54) is 45.3 Å². The normalized spacial score (nSPS) is 32.2. The Labute approximate surface area is 93.6 Å². The van der Waals surface area contributed by atoms with E-state index in [1.54, 1.807) is 0 Å². The maximum atomic E-state index is 5.57. The van der Waals surface area contributed by atoms with Crippen molar-refractivity contribution in [2.75, 3.05) is 33.2 Å². The molecular formula is C12H25N3. The number of rotatable bonds is 4. The summed E-state index contributed by atoms with van der Waals surface area (Å²) in [5.74, 6) is 0. The third-order valence-corrected chi connectivity index (χ3v) is 4.10. The molecule has 0 aromatic heterocycles. The summed E-state index contributed by atoms with van der Waals surface area (Å²) in [6.07, 6.45) is 6.77. The Kier molecular flexibility index (Phi) is 4.00. The van der Waals surface area contributed by atoms with Crippen LogP contribution in [0.1, 0.15) is 32.1 Å². The molecule has 2 N–H and O–H groups in total. The van der Waals surface area contributed by atoms with E-state index in [0.29, 0.717) is 0 Å². The smallest absolute Gasteiger partial charge is 0.0260 e.